The minimum absolute atomic E-state index is 0.0500. The number of aryl methyl sites for hydroxylation is 1. The lowest BCUT2D eigenvalue weighted by Crippen LogP contribution is -2.12. The van der Waals surface area contributed by atoms with Crippen molar-refractivity contribution in [2.24, 2.45) is 5.73 Å². The van der Waals surface area contributed by atoms with Crippen LogP contribution in [0.3, 0.4) is 0 Å². The van der Waals surface area contributed by atoms with Gasteiger partial charge in [-0.15, -0.1) is 0 Å². The third-order valence-electron chi connectivity index (χ3n) is 1.81. The fourth-order valence-electron chi connectivity index (χ4n) is 1.10. The summed E-state index contributed by atoms with van der Waals surface area (Å²) in [6, 6.07) is 3.54. The first-order chi connectivity index (χ1) is 7.65. The van der Waals surface area contributed by atoms with Gasteiger partial charge < -0.3 is 10.2 Å². The van der Waals surface area contributed by atoms with Gasteiger partial charge in [-0.2, -0.15) is 0 Å². The highest BCUT2D eigenvalue weighted by molar-refractivity contribution is 7.99. The molecular formula is C10H10N4OS. The van der Waals surface area contributed by atoms with Crippen LogP contribution in [0.4, 0.5) is 0 Å². The van der Waals surface area contributed by atoms with E-state index >= 15 is 0 Å². The predicted octanol–water partition coefficient (Wildman–Crippen LogP) is 1.81. The van der Waals surface area contributed by atoms with Gasteiger partial charge in [-0.05, 0) is 30.8 Å². The van der Waals surface area contributed by atoms with Gasteiger partial charge in [0.1, 0.15) is 17.8 Å². The molecule has 0 aromatic carbocycles. The molecule has 0 saturated heterocycles. The number of pyridine rings is 1. The van der Waals surface area contributed by atoms with E-state index < -0.39 is 0 Å². The van der Waals surface area contributed by atoms with Gasteiger partial charge in [-0.1, -0.05) is 0 Å². The molecular weight excluding hydrogens is 224 g/mol. The summed E-state index contributed by atoms with van der Waals surface area (Å²) in [6.45, 7) is 1.86. The van der Waals surface area contributed by atoms with Crippen molar-refractivity contribution in [2.75, 3.05) is 0 Å². The SMILES string of the molecule is Cc1coc(Sc2ccnc(C(=N)N)c2)n1. The van der Waals surface area contributed by atoms with Gasteiger partial charge in [0.2, 0.25) is 0 Å². The number of aromatic nitrogens is 2. The highest BCUT2D eigenvalue weighted by Crippen LogP contribution is 2.26. The first-order valence-corrected chi connectivity index (χ1v) is 5.37. The van der Waals surface area contributed by atoms with E-state index in [1.165, 1.54) is 11.8 Å². The van der Waals surface area contributed by atoms with Crippen molar-refractivity contribution >= 4 is 17.6 Å². The minimum atomic E-state index is -0.0500. The molecule has 2 aromatic heterocycles. The van der Waals surface area contributed by atoms with E-state index in [-0.39, 0.29) is 5.84 Å². The number of nitrogens with two attached hydrogens (primary N) is 1. The van der Waals surface area contributed by atoms with E-state index in [0.717, 1.165) is 10.6 Å². The molecule has 0 atom stereocenters. The van der Waals surface area contributed by atoms with E-state index in [1.807, 2.05) is 13.0 Å². The molecule has 0 aliphatic carbocycles. The van der Waals surface area contributed by atoms with Crippen LogP contribution in [-0.4, -0.2) is 15.8 Å². The van der Waals surface area contributed by atoms with Gasteiger partial charge in [0.15, 0.2) is 0 Å². The van der Waals surface area contributed by atoms with Crippen molar-refractivity contribution < 1.29 is 4.42 Å². The number of rotatable bonds is 3. The Morgan fingerprint density at radius 1 is 1.56 bits per heavy atom. The fourth-order valence-corrected chi connectivity index (χ4v) is 1.89. The van der Waals surface area contributed by atoms with Crippen LogP contribution >= 0.6 is 11.8 Å². The monoisotopic (exact) mass is 234 g/mol. The van der Waals surface area contributed by atoms with Crippen molar-refractivity contribution in [3.8, 4) is 0 Å². The Labute approximate surface area is 96.6 Å². The predicted molar refractivity (Wildman–Crippen MR) is 60.6 cm³/mol. The summed E-state index contributed by atoms with van der Waals surface area (Å²) in [6.07, 6.45) is 3.20. The maximum Gasteiger partial charge on any atom is 0.260 e. The van der Waals surface area contributed by atoms with E-state index in [2.05, 4.69) is 9.97 Å². The lowest BCUT2D eigenvalue weighted by atomic mass is 10.3. The second-order valence-corrected chi connectivity index (χ2v) is 4.17. The molecule has 2 rings (SSSR count). The molecule has 6 heteroatoms. The average molecular weight is 234 g/mol. The number of hydrogen-bond acceptors (Lipinski definition) is 5. The molecule has 0 bridgehead atoms. The normalized spacial score (nSPS) is 10.3. The standard InChI is InChI=1S/C10H10N4OS/c1-6-5-15-10(14-6)16-7-2-3-13-8(4-7)9(11)12/h2-5H,1H3,(H3,11,12). The molecule has 0 fully saturated rings. The second kappa shape index (κ2) is 4.36. The largest absolute Gasteiger partial charge is 0.439 e. The number of nitrogens with one attached hydrogen (secondary N) is 1. The second-order valence-electron chi connectivity index (χ2n) is 3.15. The molecule has 0 saturated carbocycles. The molecule has 0 aliphatic heterocycles. The van der Waals surface area contributed by atoms with Crippen molar-refractivity contribution in [3.05, 3.63) is 36.0 Å². The van der Waals surface area contributed by atoms with E-state index in [9.17, 15) is 0 Å². The Balaban J connectivity index is 2.21. The molecule has 0 radical (unpaired) electrons. The maximum atomic E-state index is 7.28. The summed E-state index contributed by atoms with van der Waals surface area (Å²) in [5.41, 5.74) is 6.64. The number of nitrogen functional groups attached to an aromatic ring is 1. The highest BCUT2D eigenvalue weighted by atomic mass is 32.2. The molecule has 2 heterocycles. The smallest absolute Gasteiger partial charge is 0.260 e. The first-order valence-electron chi connectivity index (χ1n) is 4.55. The van der Waals surface area contributed by atoms with E-state index in [4.69, 9.17) is 15.6 Å². The van der Waals surface area contributed by atoms with Crippen LogP contribution in [0, 0.1) is 12.3 Å². The lowest BCUT2D eigenvalue weighted by molar-refractivity contribution is 0.454. The van der Waals surface area contributed by atoms with Gasteiger partial charge in [0.25, 0.3) is 5.22 Å². The topological polar surface area (TPSA) is 88.8 Å². The zero-order valence-corrected chi connectivity index (χ0v) is 9.41. The lowest BCUT2D eigenvalue weighted by Gasteiger charge is -1.99. The van der Waals surface area contributed by atoms with Crippen molar-refractivity contribution in [3.63, 3.8) is 0 Å². The Kier molecular flexibility index (Phi) is 2.91. The van der Waals surface area contributed by atoms with Crippen LogP contribution in [0.25, 0.3) is 0 Å². The van der Waals surface area contributed by atoms with Crippen LogP contribution in [0.2, 0.25) is 0 Å². The highest BCUT2D eigenvalue weighted by Gasteiger charge is 2.05. The summed E-state index contributed by atoms with van der Waals surface area (Å²) in [7, 11) is 0. The van der Waals surface area contributed by atoms with Crippen molar-refractivity contribution in [1.29, 1.82) is 5.41 Å². The quantitative estimate of drug-likeness (QED) is 0.624. The van der Waals surface area contributed by atoms with Crippen LogP contribution in [0.15, 0.2) is 39.1 Å². The molecule has 82 valence electrons. The molecule has 5 nitrogen and oxygen atoms in total. The Bertz CT molecular complexity index is 523. The minimum Gasteiger partial charge on any atom is -0.439 e. The van der Waals surface area contributed by atoms with Crippen LogP contribution in [0.1, 0.15) is 11.4 Å². The number of amidine groups is 1. The zero-order chi connectivity index (χ0) is 11.5. The Morgan fingerprint density at radius 3 is 3.00 bits per heavy atom. The number of hydrogen-bond donors (Lipinski definition) is 2. The summed E-state index contributed by atoms with van der Waals surface area (Å²) < 4.78 is 5.22. The first kappa shape index (κ1) is 10.7. The van der Waals surface area contributed by atoms with Gasteiger partial charge in [-0.3, -0.25) is 10.4 Å². The molecule has 0 amide bonds. The van der Waals surface area contributed by atoms with Crippen molar-refractivity contribution in [1.82, 2.24) is 9.97 Å². The van der Waals surface area contributed by atoms with Crippen LogP contribution in [0.5, 0.6) is 0 Å². The van der Waals surface area contributed by atoms with Gasteiger partial charge in [0, 0.05) is 11.1 Å². The molecule has 0 spiro atoms. The van der Waals surface area contributed by atoms with Gasteiger partial charge >= 0.3 is 0 Å². The maximum absolute atomic E-state index is 7.28. The molecule has 2 aromatic rings. The van der Waals surface area contributed by atoms with Gasteiger partial charge in [-0.25, -0.2) is 4.98 Å². The van der Waals surface area contributed by atoms with Crippen molar-refractivity contribution in [2.45, 2.75) is 17.0 Å². The average Bonchev–Trinajstić information content (AvgIpc) is 2.64. The third kappa shape index (κ3) is 2.40. The summed E-state index contributed by atoms with van der Waals surface area (Å²) in [4.78, 5) is 9.03. The van der Waals surface area contributed by atoms with E-state index in [0.29, 0.717) is 10.9 Å². The zero-order valence-electron chi connectivity index (χ0n) is 8.60. The number of nitrogens with zero attached hydrogens (tertiary/aromatic N) is 2. The third-order valence-corrected chi connectivity index (χ3v) is 2.66. The van der Waals surface area contributed by atoms with Gasteiger partial charge in [0.05, 0.1) is 5.69 Å². The summed E-state index contributed by atoms with van der Waals surface area (Å²) >= 11 is 1.37. The van der Waals surface area contributed by atoms with Crippen LogP contribution < -0.4 is 5.73 Å². The number of oxazole rings is 1. The molecule has 3 N–H and O–H groups in total. The summed E-state index contributed by atoms with van der Waals surface area (Å²) in [5.74, 6) is -0.0500. The Morgan fingerprint density at radius 2 is 2.38 bits per heavy atom. The van der Waals surface area contributed by atoms with E-state index in [1.54, 1.807) is 18.5 Å². The Hall–Kier alpha value is -1.82. The van der Waals surface area contributed by atoms with Crippen LogP contribution in [-0.2, 0) is 0 Å². The molecule has 0 aliphatic rings. The molecule has 16 heavy (non-hydrogen) atoms. The molecule has 0 unspecified atom stereocenters. The fraction of sp³-hybridized carbons (Fsp3) is 0.100. The summed E-state index contributed by atoms with van der Waals surface area (Å²) in [5, 5.41) is 7.85.